The first-order valence-corrected chi connectivity index (χ1v) is 9.26. The maximum Gasteiger partial charge on any atom is 0.280 e. The molecule has 1 aromatic heterocycles. The van der Waals surface area contributed by atoms with E-state index in [0.717, 1.165) is 11.3 Å². The van der Waals surface area contributed by atoms with Crippen LogP contribution in [0.1, 0.15) is 21.5 Å². The Bertz CT molecular complexity index is 1090. The van der Waals surface area contributed by atoms with Crippen molar-refractivity contribution in [2.45, 2.75) is 13.5 Å². The second-order valence-electron chi connectivity index (χ2n) is 6.64. The molecule has 138 valence electrons. The molecule has 0 aliphatic carbocycles. The number of aromatic nitrogens is 2. The molecule has 28 heavy (non-hydrogen) atoms. The molecule has 0 saturated carbocycles. The third-order valence-corrected chi connectivity index (χ3v) is 4.71. The summed E-state index contributed by atoms with van der Waals surface area (Å²) in [5.41, 5.74) is 4.73. The molecule has 0 spiro atoms. The standard InChI is InChI=1S/C24H21N3O/c1-18-10-8-9-15-21(18)17-25-23-16-22(19-11-4-2-5-12-19)26-27(23)24(28)20-13-6-3-7-14-20/h2-16,25H,17H2,1H3. The maximum absolute atomic E-state index is 13.1. The molecule has 0 saturated heterocycles. The average Bonchev–Trinajstić information content (AvgIpc) is 3.18. The van der Waals surface area contributed by atoms with Crippen molar-refractivity contribution < 1.29 is 4.79 Å². The molecular formula is C24H21N3O. The highest BCUT2D eigenvalue weighted by molar-refractivity contribution is 5.97. The van der Waals surface area contributed by atoms with E-state index in [-0.39, 0.29) is 5.91 Å². The highest BCUT2D eigenvalue weighted by Crippen LogP contribution is 2.23. The molecule has 0 atom stereocenters. The molecule has 4 heteroatoms. The first kappa shape index (κ1) is 17.7. The van der Waals surface area contributed by atoms with Gasteiger partial charge in [0.05, 0.1) is 5.69 Å². The normalized spacial score (nSPS) is 10.6. The summed E-state index contributed by atoms with van der Waals surface area (Å²) in [6.07, 6.45) is 0. The van der Waals surface area contributed by atoms with E-state index in [1.807, 2.05) is 66.7 Å². The number of anilines is 1. The maximum atomic E-state index is 13.1. The van der Waals surface area contributed by atoms with Crippen LogP contribution in [-0.2, 0) is 6.54 Å². The minimum atomic E-state index is -0.157. The first-order valence-electron chi connectivity index (χ1n) is 9.26. The van der Waals surface area contributed by atoms with Gasteiger partial charge in [-0.15, -0.1) is 0 Å². The van der Waals surface area contributed by atoms with E-state index >= 15 is 0 Å². The number of carbonyl (C=O) groups excluding carboxylic acids is 1. The van der Waals surface area contributed by atoms with E-state index in [0.29, 0.717) is 17.9 Å². The van der Waals surface area contributed by atoms with Gasteiger partial charge in [0.2, 0.25) is 0 Å². The van der Waals surface area contributed by atoms with Crippen LogP contribution in [0.25, 0.3) is 11.3 Å². The summed E-state index contributed by atoms with van der Waals surface area (Å²) in [5, 5.41) is 7.99. The fourth-order valence-corrected chi connectivity index (χ4v) is 3.11. The second-order valence-corrected chi connectivity index (χ2v) is 6.64. The lowest BCUT2D eigenvalue weighted by atomic mass is 10.1. The van der Waals surface area contributed by atoms with E-state index in [1.165, 1.54) is 15.8 Å². The lowest BCUT2D eigenvalue weighted by Crippen LogP contribution is -2.17. The highest BCUT2D eigenvalue weighted by Gasteiger charge is 2.17. The molecule has 3 aromatic carbocycles. The smallest absolute Gasteiger partial charge is 0.280 e. The molecule has 1 N–H and O–H groups in total. The van der Waals surface area contributed by atoms with Crippen LogP contribution in [0.15, 0.2) is 91.0 Å². The van der Waals surface area contributed by atoms with Crippen LogP contribution in [-0.4, -0.2) is 15.7 Å². The van der Waals surface area contributed by atoms with Crippen molar-refractivity contribution in [3.05, 3.63) is 108 Å². The Kier molecular flexibility index (Phi) is 5.02. The summed E-state index contributed by atoms with van der Waals surface area (Å²) in [6, 6.07) is 29.2. The number of hydrogen-bond acceptors (Lipinski definition) is 3. The van der Waals surface area contributed by atoms with Gasteiger partial charge in [-0.1, -0.05) is 72.8 Å². The van der Waals surface area contributed by atoms with Crippen LogP contribution >= 0.6 is 0 Å². The van der Waals surface area contributed by atoms with Crippen LogP contribution in [0.4, 0.5) is 5.82 Å². The van der Waals surface area contributed by atoms with Crippen molar-refractivity contribution in [1.29, 1.82) is 0 Å². The minimum Gasteiger partial charge on any atom is -0.366 e. The predicted molar refractivity (Wildman–Crippen MR) is 112 cm³/mol. The Morgan fingerprint density at radius 3 is 2.25 bits per heavy atom. The Labute approximate surface area is 164 Å². The first-order chi connectivity index (χ1) is 13.7. The summed E-state index contributed by atoms with van der Waals surface area (Å²) in [5.74, 6) is 0.519. The zero-order valence-corrected chi connectivity index (χ0v) is 15.7. The van der Waals surface area contributed by atoms with Crippen LogP contribution in [0.3, 0.4) is 0 Å². The molecule has 0 aliphatic rings. The Hall–Kier alpha value is -3.66. The molecule has 1 heterocycles. The van der Waals surface area contributed by atoms with Gasteiger partial charge in [-0.05, 0) is 30.2 Å². The molecule has 4 rings (SSSR count). The van der Waals surface area contributed by atoms with Crippen molar-refractivity contribution in [3.63, 3.8) is 0 Å². The van der Waals surface area contributed by atoms with Crippen LogP contribution in [0, 0.1) is 6.92 Å². The van der Waals surface area contributed by atoms with Gasteiger partial charge in [-0.2, -0.15) is 9.78 Å². The van der Waals surface area contributed by atoms with Crippen LogP contribution < -0.4 is 5.32 Å². The van der Waals surface area contributed by atoms with Crippen molar-refractivity contribution in [3.8, 4) is 11.3 Å². The van der Waals surface area contributed by atoms with Crippen molar-refractivity contribution in [2.75, 3.05) is 5.32 Å². The van der Waals surface area contributed by atoms with Gasteiger partial charge in [-0.3, -0.25) is 4.79 Å². The predicted octanol–water partition coefficient (Wildman–Crippen LogP) is 5.16. The van der Waals surface area contributed by atoms with Gasteiger partial charge < -0.3 is 5.32 Å². The van der Waals surface area contributed by atoms with E-state index in [1.54, 1.807) is 12.1 Å². The SMILES string of the molecule is Cc1ccccc1CNc1cc(-c2ccccc2)nn1C(=O)c1ccccc1. The topological polar surface area (TPSA) is 46.9 Å². The largest absolute Gasteiger partial charge is 0.366 e. The van der Waals surface area contributed by atoms with Gasteiger partial charge in [0.15, 0.2) is 0 Å². The molecule has 0 bridgehead atoms. The Morgan fingerprint density at radius 1 is 0.893 bits per heavy atom. The third-order valence-electron chi connectivity index (χ3n) is 4.71. The van der Waals surface area contributed by atoms with E-state index < -0.39 is 0 Å². The van der Waals surface area contributed by atoms with Crippen molar-refractivity contribution in [2.24, 2.45) is 0 Å². The zero-order valence-electron chi connectivity index (χ0n) is 15.7. The Morgan fingerprint density at radius 2 is 1.54 bits per heavy atom. The van der Waals surface area contributed by atoms with Gasteiger partial charge in [0.1, 0.15) is 5.82 Å². The Balaban J connectivity index is 1.70. The summed E-state index contributed by atoms with van der Waals surface area (Å²) < 4.78 is 1.45. The van der Waals surface area contributed by atoms with Gasteiger partial charge >= 0.3 is 0 Å². The molecule has 4 nitrogen and oxygen atoms in total. The van der Waals surface area contributed by atoms with Gasteiger partial charge in [-0.25, -0.2) is 0 Å². The number of hydrogen-bond donors (Lipinski definition) is 1. The monoisotopic (exact) mass is 367 g/mol. The number of aryl methyl sites for hydroxylation is 1. The summed E-state index contributed by atoms with van der Waals surface area (Å²) in [4.78, 5) is 13.1. The highest BCUT2D eigenvalue weighted by atomic mass is 16.2. The summed E-state index contributed by atoms with van der Waals surface area (Å²) >= 11 is 0. The van der Waals surface area contributed by atoms with Crippen molar-refractivity contribution in [1.82, 2.24) is 9.78 Å². The van der Waals surface area contributed by atoms with Gasteiger partial charge in [0, 0.05) is 23.7 Å². The number of nitrogens with zero attached hydrogens (tertiary/aromatic N) is 2. The van der Waals surface area contributed by atoms with Crippen molar-refractivity contribution >= 4 is 11.7 Å². The lowest BCUT2D eigenvalue weighted by molar-refractivity contribution is 0.0948. The average molecular weight is 367 g/mol. The zero-order chi connectivity index (χ0) is 19.3. The quantitative estimate of drug-likeness (QED) is 0.530. The minimum absolute atomic E-state index is 0.157. The van der Waals surface area contributed by atoms with E-state index in [2.05, 4.69) is 29.5 Å². The molecule has 0 unspecified atom stereocenters. The molecule has 0 fully saturated rings. The van der Waals surface area contributed by atoms with E-state index in [9.17, 15) is 4.79 Å². The third kappa shape index (κ3) is 3.71. The number of benzene rings is 3. The van der Waals surface area contributed by atoms with Gasteiger partial charge in [0.25, 0.3) is 5.91 Å². The van der Waals surface area contributed by atoms with Crippen LogP contribution in [0.5, 0.6) is 0 Å². The molecule has 0 radical (unpaired) electrons. The molecule has 0 amide bonds. The fraction of sp³-hybridized carbons (Fsp3) is 0.0833. The molecule has 0 aliphatic heterocycles. The molecular weight excluding hydrogens is 346 g/mol. The number of carbonyl (C=O) groups is 1. The second kappa shape index (κ2) is 7.92. The number of rotatable bonds is 5. The van der Waals surface area contributed by atoms with E-state index in [4.69, 9.17) is 0 Å². The summed E-state index contributed by atoms with van der Waals surface area (Å²) in [6.45, 7) is 2.70. The lowest BCUT2D eigenvalue weighted by Gasteiger charge is -2.10. The summed E-state index contributed by atoms with van der Waals surface area (Å²) in [7, 11) is 0. The number of nitrogens with one attached hydrogen (secondary N) is 1. The van der Waals surface area contributed by atoms with Crippen LogP contribution in [0.2, 0.25) is 0 Å². The fourth-order valence-electron chi connectivity index (χ4n) is 3.11. The molecule has 4 aromatic rings.